The average molecular weight is 191 g/mol. The van der Waals surface area contributed by atoms with Crippen LogP contribution in [-0.2, 0) is 11.2 Å². The van der Waals surface area contributed by atoms with Crippen molar-refractivity contribution >= 4 is 5.97 Å². The normalized spacial score (nSPS) is 9.86. The second kappa shape index (κ2) is 5.43. The molecule has 0 aromatic heterocycles. The monoisotopic (exact) mass is 191 g/mol. The van der Waals surface area contributed by atoms with E-state index in [9.17, 15) is 4.79 Å². The van der Waals surface area contributed by atoms with Gasteiger partial charge in [-0.05, 0) is 30.9 Å². The maximum Gasteiger partial charge on any atom is 0.338 e. The molecule has 1 radical (unpaired) electrons. The van der Waals surface area contributed by atoms with E-state index in [1.54, 1.807) is 6.07 Å². The summed E-state index contributed by atoms with van der Waals surface area (Å²) in [5, 5.41) is 0. The molecule has 0 saturated heterocycles. The van der Waals surface area contributed by atoms with Crippen LogP contribution in [0.25, 0.3) is 0 Å². The first-order chi connectivity index (χ1) is 6.79. The minimum atomic E-state index is -0.253. The maximum absolute atomic E-state index is 11.4. The highest BCUT2D eigenvalue weighted by molar-refractivity contribution is 5.90. The van der Waals surface area contributed by atoms with Crippen LogP contribution in [0.1, 0.15) is 29.3 Å². The molecule has 14 heavy (non-hydrogen) atoms. The van der Waals surface area contributed by atoms with Gasteiger partial charge in [0.1, 0.15) is 0 Å². The first-order valence-corrected chi connectivity index (χ1v) is 4.73. The molecule has 0 aliphatic rings. The lowest BCUT2D eigenvalue weighted by atomic mass is 10.0. The number of esters is 1. The topological polar surface area (TPSA) is 26.3 Å². The summed E-state index contributed by atoms with van der Waals surface area (Å²) in [4.78, 5) is 11.4. The third kappa shape index (κ3) is 2.59. The van der Waals surface area contributed by atoms with Crippen LogP contribution in [0.5, 0.6) is 0 Å². The van der Waals surface area contributed by atoms with Crippen LogP contribution in [-0.4, -0.2) is 13.1 Å². The van der Waals surface area contributed by atoms with E-state index in [0.29, 0.717) is 5.56 Å². The smallest absolute Gasteiger partial charge is 0.338 e. The lowest BCUT2D eigenvalue weighted by Crippen LogP contribution is -2.05. The van der Waals surface area contributed by atoms with E-state index in [0.717, 1.165) is 18.4 Å². The fourth-order valence-corrected chi connectivity index (χ4v) is 1.35. The van der Waals surface area contributed by atoms with Crippen LogP contribution in [0, 0.1) is 6.42 Å². The molecule has 0 unspecified atom stereocenters. The Labute approximate surface area is 84.9 Å². The number of hydrogen-bond donors (Lipinski definition) is 0. The minimum absolute atomic E-state index is 0.253. The van der Waals surface area contributed by atoms with Crippen LogP contribution in [0.3, 0.4) is 0 Å². The fraction of sp³-hybridized carbons (Fsp3) is 0.333. The van der Waals surface area contributed by atoms with Crippen LogP contribution in [0.4, 0.5) is 0 Å². The van der Waals surface area contributed by atoms with Crippen LogP contribution < -0.4 is 0 Å². The van der Waals surface area contributed by atoms with Crippen molar-refractivity contribution in [3.05, 3.63) is 41.8 Å². The molecule has 0 heterocycles. The van der Waals surface area contributed by atoms with E-state index in [-0.39, 0.29) is 5.97 Å². The van der Waals surface area contributed by atoms with Gasteiger partial charge in [0.25, 0.3) is 0 Å². The van der Waals surface area contributed by atoms with E-state index in [4.69, 9.17) is 4.74 Å². The molecule has 0 N–H and O–H groups in total. The molecule has 1 aromatic rings. The van der Waals surface area contributed by atoms with Crippen LogP contribution in [0.15, 0.2) is 24.3 Å². The summed E-state index contributed by atoms with van der Waals surface area (Å²) >= 11 is 0. The van der Waals surface area contributed by atoms with Gasteiger partial charge >= 0.3 is 5.97 Å². The molecule has 0 saturated carbocycles. The van der Waals surface area contributed by atoms with Gasteiger partial charge in [-0.2, -0.15) is 0 Å². The molecule has 1 aromatic carbocycles. The van der Waals surface area contributed by atoms with Gasteiger partial charge in [-0.1, -0.05) is 25.1 Å². The third-order valence-electron chi connectivity index (χ3n) is 2.13. The summed E-state index contributed by atoms with van der Waals surface area (Å²) in [5.74, 6) is -0.253. The van der Waals surface area contributed by atoms with Crippen molar-refractivity contribution < 1.29 is 9.53 Å². The van der Waals surface area contributed by atoms with Gasteiger partial charge in [0.05, 0.1) is 12.7 Å². The van der Waals surface area contributed by atoms with Gasteiger partial charge in [-0.15, -0.1) is 0 Å². The first-order valence-electron chi connectivity index (χ1n) is 4.73. The Kier molecular flexibility index (Phi) is 4.17. The zero-order valence-corrected chi connectivity index (χ0v) is 8.62. The highest BCUT2D eigenvalue weighted by Crippen LogP contribution is 2.12. The van der Waals surface area contributed by atoms with Crippen molar-refractivity contribution in [1.82, 2.24) is 0 Å². The predicted molar refractivity (Wildman–Crippen MR) is 56.1 cm³/mol. The molecule has 1 rings (SSSR count). The molecule has 75 valence electrons. The Morgan fingerprint density at radius 1 is 1.43 bits per heavy atom. The minimum Gasteiger partial charge on any atom is -0.465 e. The van der Waals surface area contributed by atoms with Gasteiger partial charge in [-0.25, -0.2) is 4.79 Å². The molecule has 0 spiro atoms. The van der Waals surface area contributed by atoms with Crippen molar-refractivity contribution in [2.75, 3.05) is 7.11 Å². The molecule has 0 aliphatic carbocycles. The largest absolute Gasteiger partial charge is 0.465 e. The summed E-state index contributed by atoms with van der Waals surface area (Å²) in [7, 11) is 1.41. The SMILES string of the molecule is C[CH]CCc1ccccc1C(=O)OC. The summed E-state index contributed by atoms with van der Waals surface area (Å²) < 4.78 is 4.71. The molecule has 0 atom stereocenters. The number of methoxy groups -OCH3 is 1. The fourth-order valence-electron chi connectivity index (χ4n) is 1.35. The standard InChI is InChI=1S/C12H15O2/c1-3-4-7-10-8-5-6-9-11(10)12(13)14-2/h3,5-6,8-9H,4,7H2,1-2H3. The molecule has 0 aliphatic heterocycles. The zero-order chi connectivity index (χ0) is 10.4. The second-order valence-corrected chi connectivity index (χ2v) is 3.10. The van der Waals surface area contributed by atoms with Gasteiger partial charge in [0.15, 0.2) is 0 Å². The Hall–Kier alpha value is -1.31. The Morgan fingerprint density at radius 2 is 2.14 bits per heavy atom. The Bertz CT molecular complexity index is 305. The average Bonchev–Trinajstić information content (AvgIpc) is 2.25. The van der Waals surface area contributed by atoms with Gasteiger partial charge < -0.3 is 4.74 Å². The van der Waals surface area contributed by atoms with E-state index in [1.165, 1.54) is 7.11 Å². The lowest BCUT2D eigenvalue weighted by molar-refractivity contribution is 0.0599. The predicted octanol–water partition coefficient (Wildman–Crippen LogP) is 2.63. The maximum atomic E-state index is 11.4. The number of unbranched alkanes of at least 4 members (excludes halogenated alkanes) is 1. The zero-order valence-electron chi connectivity index (χ0n) is 8.62. The summed E-state index contributed by atoms with van der Waals surface area (Å²) in [6.45, 7) is 2.01. The second-order valence-electron chi connectivity index (χ2n) is 3.10. The lowest BCUT2D eigenvalue weighted by Gasteiger charge is -2.06. The number of ether oxygens (including phenoxy) is 1. The number of carbonyl (C=O) groups excluding carboxylic acids is 1. The van der Waals surface area contributed by atoms with Gasteiger partial charge in [-0.3, -0.25) is 0 Å². The molecular weight excluding hydrogens is 176 g/mol. The summed E-state index contributed by atoms with van der Waals surface area (Å²) in [5.41, 5.74) is 1.73. The number of carbonyl (C=O) groups is 1. The van der Waals surface area contributed by atoms with Crippen molar-refractivity contribution in [1.29, 1.82) is 0 Å². The number of aryl methyl sites for hydroxylation is 1. The summed E-state index contributed by atoms with van der Waals surface area (Å²) in [6, 6.07) is 7.56. The van der Waals surface area contributed by atoms with E-state index in [2.05, 4.69) is 6.42 Å². The molecule has 0 amide bonds. The number of rotatable bonds is 4. The van der Waals surface area contributed by atoms with Crippen molar-refractivity contribution in [2.45, 2.75) is 19.8 Å². The van der Waals surface area contributed by atoms with Crippen LogP contribution >= 0.6 is 0 Å². The highest BCUT2D eigenvalue weighted by Gasteiger charge is 2.09. The number of benzene rings is 1. The van der Waals surface area contributed by atoms with Gasteiger partial charge in [0, 0.05) is 0 Å². The van der Waals surface area contributed by atoms with Gasteiger partial charge in [0.2, 0.25) is 0 Å². The van der Waals surface area contributed by atoms with Crippen molar-refractivity contribution in [3.8, 4) is 0 Å². The van der Waals surface area contributed by atoms with Crippen molar-refractivity contribution in [2.24, 2.45) is 0 Å². The van der Waals surface area contributed by atoms with E-state index in [1.807, 2.05) is 25.1 Å². The number of hydrogen-bond acceptors (Lipinski definition) is 2. The van der Waals surface area contributed by atoms with E-state index < -0.39 is 0 Å². The highest BCUT2D eigenvalue weighted by atomic mass is 16.5. The molecule has 2 heteroatoms. The van der Waals surface area contributed by atoms with Crippen molar-refractivity contribution in [3.63, 3.8) is 0 Å². The molecule has 2 nitrogen and oxygen atoms in total. The molecule has 0 fully saturated rings. The Morgan fingerprint density at radius 3 is 2.79 bits per heavy atom. The van der Waals surface area contributed by atoms with E-state index >= 15 is 0 Å². The first kappa shape index (κ1) is 10.8. The Balaban J connectivity index is 2.85. The third-order valence-corrected chi connectivity index (χ3v) is 2.13. The molecular formula is C12H15O2. The quantitative estimate of drug-likeness (QED) is 0.684. The summed E-state index contributed by atoms with van der Waals surface area (Å²) in [6.07, 6.45) is 3.96. The molecule has 0 bridgehead atoms. The van der Waals surface area contributed by atoms with Crippen LogP contribution in [0.2, 0.25) is 0 Å².